The molecule has 0 aliphatic rings. The number of primary amides is 1. The van der Waals surface area contributed by atoms with Crippen LogP contribution < -0.4 is 22.1 Å². The Morgan fingerprint density at radius 1 is 0.575 bits per heavy atom. The molecule has 2 aromatic heterocycles. The molecule has 6 N–H and O–H groups in total. The average molecular weight is 529 g/mol. The summed E-state index contributed by atoms with van der Waals surface area (Å²) in [5.41, 5.74) is 23.0. The minimum atomic E-state index is -0.369. The molecule has 0 spiro atoms. The number of nitrogens with two attached hydrogens (primary N) is 3. The number of hydrogen-bond donors (Lipinski definition) is 3. The average Bonchev–Trinajstić information content (AvgIpc) is 2.93. The van der Waals surface area contributed by atoms with Crippen molar-refractivity contribution in [2.75, 3.05) is 16.4 Å². The fourth-order valence-electron chi connectivity index (χ4n) is 5.06. The van der Waals surface area contributed by atoms with Crippen molar-refractivity contribution in [2.24, 2.45) is 5.73 Å². The first-order valence-electron chi connectivity index (χ1n) is 13.2. The number of amides is 2. The number of carbonyl (C=O) groups is 2. The number of rotatable bonds is 7. The number of carbonyl (C=O) groups excluding carboxylic acids is 2. The first-order chi connectivity index (χ1) is 19.3. The molecule has 8 nitrogen and oxygen atoms in total. The number of unbranched alkanes of at least 4 members (excludes halogenated alkanes) is 1. The van der Waals surface area contributed by atoms with Gasteiger partial charge >= 0.3 is 0 Å². The maximum Gasteiger partial charge on any atom is 0.231 e. The number of fused-ring (bicyclic) bond motifs is 4. The van der Waals surface area contributed by atoms with Crippen LogP contribution in [0.4, 0.5) is 22.7 Å². The molecular weight excluding hydrogens is 500 g/mol. The van der Waals surface area contributed by atoms with Gasteiger partial charge in [0.2, 0.25) is 11.8 Å². The quantitative estimate of drug-likeness (QED) is 0.133. The lowest BCUT2D eigenvalue weighted by molar-refractivity contribution is -0.119. The molecule has 0 atom stereocenters. The van der Waals surface area contributed by atoms with E-state index in [-0.39, 0.29) is 24.7 Å². The summed E-state index contributed by atoms with van der Waals surface area (Å²) in [5.74, 6) is -0.468. The van der Waals surface area contributed by atoms with Gasteiger partial charge in [-0.25, -0.2) is 9.97 Å². The van der Waals surface area contributed by atoms with Crippen molar-refractivity contribution < 1.29 is 9.59 Å². The van der Waals surface area contributed by atoms with Crippen molar-refractivity contribution in [1.29, 1.82) is 0 Å². The number of aromatic nitrogens is 2. The minimum Gasteiger partial charge on any atom is -0.399 e. The Hall–Kier alpha value is -5.24. The third-order valence-corrected chi connectivity index (χ3v) is 7.07. The van der Waals surface area contributed by atoms with Crippen molar-refractivity contribution >= 4 is 78.2 Å². The summed E-state index contributed by atoms with van der Waals surface area (Å²) in [4.78, 5) is 36.3. The van der Waals surface area contributed by atoms with Crippen molar-refractivity contribution in [3.8, 4) is 0 Å². The van der Waals surface area contributed by atoms with E-state index in [2.05, 4.69) is 12.1 Å². The highest BCUT2D eigenvalue weighted by molar-refractivity contribution is 6.05. The van der Waals surface area contributed by atoms with Crippen LogP contribution in [0.5, 0.6) is 0 Å². The number of nitrogens with zero attached hydrogens (tertiary/aromatic N) is 3. The second kappa shape index (κ2) is 10.1. The molecule has 0 saturated carbocycles. The molecule has 0 aliphatic carbocycles. The van der Waals surface area contributed by atoms with Crippen molar-refractivity contribution in [1.82, 2.24) is 9.97 Å². The van der Waals surface area contributed by atoms with Gasteiger partial charge in [0.05, 0.1) is 33.4 Å². The maximum atomic E-state index is 13.7. The Morgan fingerprint density at radius 3 is 1.48 bits per heavy atom. The van der Waals surface area contributed by atoms with Gasteiger partial charge in [0.1, 0.15) is 0 Å². The molecule has 0 fully saturated rings. The second-order valence-electron chi connectivity index (χ2n) is 10.0. The van der Waals surface area contributed by atoms with Crippen molar-refractivity contribution in [2.45, 2.75) is 25.7 Å². The smallest absolute Gasteiger partial charge is 0.231 e. The van der Waals surface area contributed by atoms with Crippen LogP contribution in [0.3, 0.4) is 0 Å². The van der Waals surface area contributed by atoms with Crippen LogP contribution in [0.25, 0.3) is 43.6 Å². The van der Waals surface area contributed by atoms with E-state index in [1.54, 1.807) is 4.90 Å². The topological polar surface area (TPSA) is 141 Å². The molecule has 0 saturated heterocycles. The monoisotopic (exact) mass is 528 g/mol. The van der Waals surface area contributed by atoms with E-state index >= 15 is 0 Å². The predicted octanol–water partition coefficient (Wildman–Crippen LogP) is 5.96. The minimum absolute atomic E-state index is 0.0989. The lowest BCUT2D eigenvalue weighted by Crippen LogP contribution is -2.25. The van der Waals surface area contributed by atoms with E-state index in [0.29, 0.717) is 35.6 Å². The van der Waals surface area contributed by atoms with Gasteiger partial charge in [0, 0.05) is 45.8 Å². The van der Waals surface area contributed by atoms with Crippen LogP contribution in [-0.2, 0) is 9.59 Å². The third-order valence-electron chi connectivity index (χ3n) is 7.07. The number of benzene rings is 4. The normalized spacial score (nSPS) is 11.4. The lowest BCUT2D eigenvalue weighted by Gasteiger charge is -2.24. The summed E-state index contributed by atoms with van der Waals surface area (Å²) in [6.45, 7) is 0. The van der Waals surface area contributed by atoms with Crippen molar-refractivity contribution in [3.63, 3.8) is 0 Å². The van der Waals surface area contributed by atoms with Gasteiger partial charge in [0.25, 0.3) is 0 Å². The first-order valence-corrected chi connectivity index (χ1v) is 13.2. The zero-order valence-corrected chi connectivity index (χ0v) is 21.8. The summed E-state index contributed by atoms with van der Waals surface area (Å²) in [6.07, 6.45) is 1.60. The van der Waals surface area contributed by atoms with Crippen LogP contribution in [0, 0.1) is 0 Å². The Balaban J connectivity index is 1.44. The highest BCUT2D eigenvalue weighted by Crippen LogP contribution is 2.33. The molecule has 6 aromatic rings. The Bertz CT molecular complexity index is 1830. The summed E-state index contributed by atoms with van der Waals surface area (Å²) in [6, 6.07) is 27.0. The van der Waals surface area contributed by atoms with E-state index in [1.165, 1.54) is 0 Å². The van der Waals surface area contributed by atoms with E-state index < -0.39 is 0 Å². The number of anilines is 4. The molecule has 40 heavy (non-hydrogen) atoms. The highest BCUT2D eigenvalue weighted by atomic mass is 16.2. The molecular formula is C32H28N6O2. The standard InChI is InChI=1S/C32H28N6O2/c33-23-9-5-19-13-21-7-11-25(17-29(21)36-27(19)15-23)38(32(40)4-2-1-3-31(35)39)26-12-8-22-14-20-6-10-24(34)16-28(20)37-30(22)18-26/h5-18H,1-4,33-34H2,(H2,35,39). The van der Waals surface area contributed by atoms with Crippen LogP contribution in [0.1, 0.15) is 25.7 Å². The van der Waals surface area contributed by atoms with Crippen LogP contribution in [0.15, 0.2) is 84.9 Å². The van der Waals surface area contributed by atoms with Gasteiger partial charge in [-0.3, -0.25) is 14.5 Å². The number of nitrogen functional groups attached to an aromatic ring is 2. The summed E-state index contributed by atoms with van der Waals surface area (Å²) < 4.78 is 0. The summed E-state index contributed by atoms with van der Waals surface area (Å²) >= 11 is 0. The summed E-state index contributed by atoms with van der Waals surface area (Å²) in [5, 5.41) is 3.90. The zero-order chi connectivity index (χ0) is 27.8. The van der Waals surface area contributed by atoms with E-state index in [0.717, 1.165) is 43.6 Å². The van der Waals surface area contributed by atoms with Gasteiger partial charge in [-0.2, -0.15) is 0 Å². The molecule has 198 valence electrons. The predicted molar refractivity (Wildman–Crippen MR) is 162 cm³/mol. The van der Waals surface area contributed by atoms with Gasteiger partial charge < -0.3 is 17.2 Å². The molecule has 8 heteroatoms. The molecule has 6 rings (SSSR count). The van der Waals surface area contributed by atoms with Crippen LogP contribution in [0.2, 0.25) is 0 Å². The van der Waals surface area contributed by atoms with Gasteiger partial charge in [-0.1, -0.05) is 24.3 Å². The Labute approximate surface area is 230 Å². The largest absolute Gasteiger partial charge is 0.399 e. The lowest BCUT2D eigenvalue weighted by atomic mass is 10.1. The first kappa shape index (κ1) is 25.1. The van der Waals surface area contributed by atoms with E-state index in [9.17, 15) is 9.59 Å². The van der Waals surface area contributed by atoms with Gasteiger partial charge in [-0.15, -0.1) is 0 Å². The Morgan fingerprint density at radius 2 is 1.00 bits per heavy atom. The Kier molecular flexibility index (Phi) is 6.36. The zero-order valence-electron chi connectivity index (χ0n) is 21.8. The molecule has 2 heterocycles. The third kappa shape index (κ3) is 4.94. The molecule has 0 unspecified atom stereocenters. The molecule has 4 aromatic carbocycles. The highest BCUT2D eigenvalue weighted by Gasteiger charge is 2.20. The van der Waals surface area contributed by atoms with Crippen LogP contribution in [-0.4, -0.2) is 21.8 Å². The maximum absolute atomic E-state index is 13.7. The fourth-order valence-corrected chi connectivity index (χ4v) is 5.06. The number of hydrogen-bond acceptors (Lipinski definition) is 6. The molecule has 0 aliphatic heterocycles. The fraction of sp³-hybridized carbons (Fsp3) is 0.125. The van der Waals surface area contributed by atoms with Crippen LogP contribution >= 0.6 is 0 Å². The van der Waals surface area contributed by atoms with Crippen molar-refractivity contribution in [3.05, 3.63) is 84.9 Å². The molecule has 2 amide bonds. The SMILES string of the molecule is NC(=O)CCCCC(=O)N(c1ccc2cc3ccc(N)cc3nc2c1)c1ccc2cc3ccc(N)cc3nc2c1. The van der Waals surface area contributed by atoms with E-state index in [1.807, 2.05) is 72.8 Å². The number of pyridine rings is 2. The molecule has 0 radical (unpaired) electrons. The molecule has 0 bridgehead atoms. The van der Waals surface area contributed by atoms with Gasteiger partial charge in [0.15, 0.2) is 0 Å². The summed E-state index contributed by atoms with van der Waals surface area (Å²) in [7, 11) is 0. The van der Waals surface area contributed by atoms with E-state index in [4.69, 9.17) is 27.2 Å². The van der Waals surface area contributed by atoms with Gasteiger partial charge in [-0.05, 0) is 73.5 Å². The second-order valence-corrected chi connectivity index (χ2v) is 10.0.